The van der Waals surface area contributed by atoms with Crippen LogP contribution in [0.4, 0.5) is 13.2 Å². The van der Waals surface area contributed by atoms with Gasteiger partial charge in [-0.25, -0.2) is 4.45 Å². The predicted octanol–water partition coefficient (Wildman–Crippen LogP) is 3.72. The average molecular weight is 398 g/mol. The van der Waals surface area contributed by atoms with Crippen molar-refractivity contribution >= 4 is 28.4 Å². The van der Waals surface area contributed by atoms with Crippen molar-refractivity contribution in [3.8, 4) is 11.1 Å². The topological polar surface area (TPSA) is 34.9 Å². The predicted molar refractivity (Wildman–Crippen MR) is 76.7 cm³/mol. The van der Waals surface area contributed by atoms with Crippen molar-refractivity contribution < 1.29 is 13.2 Å². The third kappa shape index (κ3) is 3.33. The van der Waals surface area contributed by atoms with Gasteiger partial charge in [0.2, 0.25) is 0 Å². The first kappa shape index (κ1) is 14.5. The molecule has 1 unspecified atom stereocenters. The molecule has 100 valence electrons. The molecule has 1 aromatic heterocycles. The van der Waals surface area contributed by atoms with E-state index in [-0.39, 0.29) is 11.9 Å². The van der Waals surface area contributed by atoms with E-state index in [1.165, 1.54) is 28.8 Å². The average Bonchev–Trinajstić information content (AvgIpc) is 2.38. The van der Waals surface area contributed by atoms with Gasteiger partial charge < -0.3 is 0 Å². The Morgan fingerprint density at radius 2 is 1.79 bits per heavy atom. The summed E-state index contributed by atoms with van der Waals surface area (Å²) in [7, 11) is 0. The number of nitrogens with zero attached hydrogens (tertiary/aromatic N) is 2. The number of rotatable bonds is 2. The zero-order valence-corrected chi connectivity index (χ0v) is 12.4. The van der Waals surface area contributed by atoms with Gasteiger partial charge in [-0.3, -0.25) is 4.79 Å². The molecule has 8 heteroatoms. The van der Waals surface area contributed by atoms with Crippen LogP contribution < -0.4 is 5.56 Å². The summed E-state index contributed by atoms with van der Waals surface area (Å²) in [4.78, 5) is 11.6. The molecular formula is C11H7F3IN2OP. The fourth-order valence-electron chi connectivity index (χ4n) is 1.48. The summed E-state index contributed by atoms with van der Waals surface area (Å²) in [6, 6.07) is 6.00. The number of hydrogen-bond acceptors (Lipinski definition) is 2. The zero-order valence-electron chi connectivity index (χ0n) is 9.28. The van der Waals surface area contributed by atoms with Crippen LogP contribution in [0.3, 0.4) is 0 Å². The maximum Gasteiger partial charge on any atom is 0.416 e. The Morgan fingerprint density at radius 1 is 1.16 bits per heavy atom. The highest BCUT2D eigenvalue weighted by atomic mass is 127. The van der Waals surface area contributed by atoms with Crippen LogP contribution in [-0.4, -0.2) is 9.55 Å². The van der Waals surface area contributed by atoms with Gasteiger partial charge in [0.1, 0.15) is 0 Å². The lowest BCUT2D eigenvalue weighted by Crippen LogP contribution is -2.14. The molecule has 2 rings (SSSR count). The van der Waals surface area contributed by atoms with Gasteiger partial charge in [-0.05, 0) is 39.7 Å². The molecule has 1 heterocycles. The van der Waals surface area contributed by atoms with Crippen LogP contribution in [0.25, 0.3) is 11.1 Å². The molecule has 19 heavy (non-hydrogen) atoms. The second kappa shape index (κ2) is 5.58. The molecule has 0 fully saturated rings. The molecule has 1 atom stereocenters. The zero-order chi connectivity index (χ0) is 14.0. The molecule has 2 aromatic rings. The molecule has 0 radical (unpaired) electrons. The Bertz CT molecular complexity index is 640. The smallest absolute Gasteiger partial charge is 0.267 e. The highest BCUT2D eigenvalue weighted by Gasteiger charge is 2.29. The van der Waals surface area contributed by atoms with Crippen molar-refractivity contribution in [1.29, 1.82) is 0 Å². The van der Waals surface area contributed by atoms with E-state index in [1.54, 1.807) is 0 Å². The Hall–Kier alpha value is -0.950. The number of alkyl halides is 3. The van der Waals surface area contributed by atoms with Gasteiger partial charge in [0.25, 0.3) is 5.56 Å². The van der Waals surface area contributed by atoms with E-state index in [9.17, 15) is 18.0 Å². The van der Waals surface area contributed by atoms with Crippen LogP contribution in [0.5, 0.6) is 0 Å². The Kier molecular flexibility index (Phi) is 4.25. The molecule has 0 N–H and O–H groups in total. The largest absolute Gasteiger partial charge is 0.416 e. The Labute approximate surface area is 121 Å². The monoisotopic (exact) mass is 398 g/mol. The quantitative estimate of drug-likeness (QED) is 0.571. The first-order valence-corrected chi connectivity index (χ1v) is 9.11. The Balaban J connectivity index is 2.38. The fourth-order valence-corrected chi connectivity index (χ4v) is 2.82. The van der Waals surface area contributed by atoms with Gasteiger partial charge in [0.15, 0.2) is 0 Å². The van der Waals surface area contributed by atoms with E-state index in [0.29, 0.717) is 11.1 Å². The lowest BCUT2D eigenvalue weighted by molar-refractivity contribution is -0.137. The molecule has 0 spiro atoms. The Morgan fingerprint density at radius 3 is 2.26 bits per heavy atom. The van der Waals surface area contributed by atoms with Crippen LogP contribution in [0.1, 0.15) is 5.56 Å². The van der Waals surface area contributed by atoms with Crippen molar-refractivity contribution in [1.82, 2.24) is 9.55 Å². The van der Waals surface area contributed by atoms with E-state index in [4.69, 9.17) is 0 Å². The standard InChI is InChI=1S/C11H7F3IN2OP/c12-11(13,14)9-3-1-7(2-4-9)8-5-10(18)17(19-15)16-6-8/h1-6,19H. The molecular weight excluding hydrogens is 391 g/mol. The van der Waals surface area contributed by atoms with Gasteiger partial charge in [0, 0.05) is 11.6 Å². The van der Waals surface area contributed by atoms with Gasteiger partial charge >= 0.3 is 6.18 Å². The van der Waals surface area contributed by atoms with Crippen molar-refractivity contribution in [2.75, 3.05) is 0 Å². The van der Waals surface area contributed by atoms with Crippen LogP contribution in [0.2, 0.25) is 0 Å². The minimum Gasteiger partial charge on any atom is -0.267 e. The summed E-state index contributed by atoms with van der Waals surface area (Å²) in [5.41, 5.74) is 0.0441. The molecule has 0 aliphatic rings. The summed E-state index contributed by atoms with van der Waals surface area (Å²) in [6.07, 6.45) is -2.70. The SMILES string of the molecule is O=c1cc(-c2ccc(C(F)(F)F)cc2)cnn1PI. The normalized spacial score (nSPS) is 12.2. The first-order chi connectivity index (χ1) is 8.91. The summed E-state index contributed by atoms with van der Waals surface area (Å²) < 4.78 is 38.5. The van der Waals surface area contributed by atoms with Crippen LogP contribution in [-0.2, 0) is 6.18 Å². The van der Waals surface area contributed by atoms with Gasteiger partial charge in [-0.15, -0.1) is 0 Å². The lowest BCUT2D eigenvalue weighted by atomic mass is 10.1. The van der Waals surface area contributed by atoms with Crippen molar-refractivity contribution in [2.45, 2.75) is 6.18 Å². The van der Waals surface area contributed by atoms with Crippen molar-refractivity contribution in [2.24, 2.45) is 0 Å². The van der Waals surface area contributed by atoms with Gasteiger partial charge in [-0.2, -0.15) is 18.3 Å². The van der Waals surface area contributed by atoms with Crippen molar-refractivity contribution in [3.63, 3.8) is 0 Å². The van der Waals surface area contributed by atoms with E-state index in [1.807, 2.05) is 22.0 Å². The summed E-state index contributed by atoms with van der Waals surface area (Å²) in [6.45, 7) is 0. The minimum atomic E-state index is -4.36. The highest BCUT2D eigenvalue weighted by molar-refractivity contribution is 14.2. The summed E-state index contributed by atoms with van der Waals surface area (Å²) in [5, 5.41) is 3.93. The molecule has 1 aromatic carbocycles. The first-order valence-electron chi connectivity index (χ1n) is 5.05. The van der Waals surface area contributed by atoms with Gasteiger partial charge in [-0.1, -0.05) is 12.1 Å². The van der Waals surface area contributed by atoms with E-state index >= 15 is 0 Å². The second-order valence-corrected chi connectivity index (χ2v) is 5.69. The molecule has 0 bridgehead atoms. The van der Waals surface area contributed by atoms with E-state index in [0.717, 1.165) is 12.1 Å². The molecule has 0 saturated heterocycles. The molecule has 0 aliphatic heterocycles. The third-order valence-corrected chi connectivity index (χ3v) is 4.29. The van der Waals surface area contributed by atoms with E-state index in [2.05, 4.69) is 5.10 Å². The van der Waals surface area contributed by atoms with E-state index < -0.39 is 11.7 Å². The maximum atomic E-state index is 12.4. The maximum absolute atomic E-state index is 12.4. The van der Waals surface area contributed by atoms with Crippen LogP contribution in [0, 0.1) is 0 Å². The molecule has 0 saturated carbocycles. The fraction of sp³-hybridized carbons (Fsp3) is 0.0909. The number of halogens is 4. The van der Waals surface area contributed by atoms with Crippen LogP contribution in [0.15, 0.2) is 41.3 Å². The second-order valence-electron chi connectivity index (χ2n) is 3.65. The lowest BCUT2D eigenvalue weighted by Gasteiger charge is -2.07. The highest BCUT2D eigenvalue weighted by Crippen LogP contribution is 2.30. The molecule has 0 aliphatic carbocycles. The number of benzene rings is 1. The summed E-state index contributed by atoms with van der Waals surface area (Å²) >= 11 is 2.02. The minimum absolute atomic E-state index is 0.188. The van der Waals surface area contributed by atoms with Crippen molar-refractivity contribution in [3.05, 3.63) is 52.4 Å². The number of aromatic nitrogens is 2. The third-order valence-electron chi connectivity index (χ3n) is 2.43. The molecule has 0 amide bonds. The summed E-state index contributed by atoms with van der Waals surface area (Å²) in [5.74, 6) is 0. The van der Waals surface area contributed by atoms with Gasteiger partial charge in [0.05, 0.1) is 18.1 Å². The number of hydrogen-bond donors (Lipinski definition) is 0. The molecule has 3 nitrogen and oxygen atoms in total. The van der Waals surface area contributed by atoms with Crippen LogP contribution >= 0.6 is 28.4 Å².